The number of ether oxygens (including phenoxy) is 1. The molecule has 3 rings (SSSR count). The first-order chi connectivity index (χ1) is 10.8. The minimum Gasteiger partial charge on any atom is -0.465 e. The smallest absolute Gasteiger partial charge is 0.324 e. The zero-order chi connectivity index (χ0) is 15.4. The Balaban J connectivity index is 1.69. The standard InChI is InChI=1S/C14H17N3O3S2/c1-2-19-14(18)10-9-21-7-5-17(10)8-12-15-13(16-20-12)11-4-3-6-22-11/h3-4,6,10H,2,5,7-9H2,1H3/t10-/m0/s1. The molecule has 2 aromatic rings. The Labute approximate surface area is 136 Å². The fourth-order valence-corrected chi connectivity index (χ4v) is 4.03. The van der Waals surface area contributed by atoms with Crippen LogP contribution in [0.1, 0.15) is 12.8 Å². The van der Waals surface area contributed by atoms with Crippen molar-refractivity contribution in [1.82, 2.24) is 15.0 Å². The molecule has 22 heavy (non-hydrogen) atoms. The minimum atomic E-state index is -0.240. The molecule has 0 aliphatic carbocycles. The summed E-state index contributed by atoms with van der Waals surface area (Å²) in [6.07, 6.45) is 0. The van der Waals surface area contributed by atoms with Gasteiger partial charge in [-0.3, -0.25) is 9.69 Å². The summed E-state index contributed by atoms with van der Waals surface area (Å²) >= 11 is 3.34. The number of carbonyl (C=O) groups is 1. The van der Waals surface area contributed by atoms with Gasteiger partial charge in [-0.1, -0.05) is 11.2 Å². The van der Waals surface area contributed by atoms with Gasteiger partial charge in [0.15, 0.2) is 0 Å². The van der Waals surface area contributed by atoms with Gasteiger partial charge in [0.05, 0.1) is 18.0 Å². The van der Waals surface area contributed by atoms with Crippen LogP contribution in [0.15, 0.2) is 22.0 Å². The second-order valence-corrected chi connectivity index (χ2v) is 6.90. The Hall–Kier alpha value is -1.38. The lowest BCUT2D eigenvalue weighted by Gasteiger charge is -2.32. The average molecular weight is 339 g/mol. The molecule has 0 saturated carbocycles. The summed E-state index contributed by atoms with van der Waals surface area (Å²) in [5, 5.41) is 5.98. The molecule has 0 bridgehead atoms. The van der Waals surface area contributed by atoms with E-state index in [0.717, 1.165) is 22.9 Å². The number of nitrogens with zero attached hydrogens (tertiary/aromatic N) is 3. The molecule has 1 aliphatic heterocycles. The summed E-state index contributed by atoms with van der Waals surface area (Å²) in [7, 11) is 0. The van der Waals surface area contributed by atoms with Crippen LogP contribution in [-0.2, 0) is 16.1 Å². The maximum absolute atomic E-state index is 12.0. The van der Waals surface area contributed by atoms with Crippen LogP contribution in [-0.4, -0.2) is 51.7 Å². The largest absolute Gasteiger partial charge is 0.465 e. The van der Waals surface area contributed by atoms with Gasteiger partial charge in [-0.05, 0) is 18.4 Å². The highest BCUT2D eigenvalue weighted by Crippen LogP contribution is 2.23. The fourth-order valence-electron chi connectivity index (χ4n) is 2.28. The van der Waals surface area contributed by atoms with Gasteiger partial charge in [-0.25, -0.2) is 0 Å². The van der Waals surface area contributed by atoms with Crippen LogP contribution in [0.4, 0.5) is 0 Å². The molecule has 1 saturated heterocycles. The molecular formula is C14H17N3O3S2. The molecule has 0 amide bonds. The second kappa shape index (κ2) is 7.26. The van der Waals surface area contributed by atoms with Crippen molar-refractivity contribution in [2.45, 2.75) is 19.5 Å². The van der Waals surface area contributed by atoms with Crippen LogP contribution in [0.3, 0.4) is 0 Å². The van der Waals surface area contributed by atoms with Crippen molar-refractivity contribution < 1.29 is 14.1 Å². The first-order valence-corrected chi connectivity index (χ1v) is 9.16. The summed E-state index contributed by atoms with van der Waals surface area (Å²) in [5.74, 6) is 2.69. The Morgan fingerprint density at radius 1 is 1.59 bits per heavy atom. The van der Waals surface area contributed by atoms with E-state index in [-0.39, 0.29) is 12.0 Å². The molecule has 2 aromatic heterocycles. The molecule has 0 spiro atoms. The minimum absolute atomic E-state index is 0.173. The van der Waals surface area contributed by atoms with E-state index in [1.54, 1.807) is 23.1 Å². The van der Waals surface area contributed by atoms with Crippen LogP contribution < -0.4 is 0 Å². The van der Waals surface area contributed by atoms with Gasteiger partial charge >= 0.3 is 5.97 Å². The van der Waals surface area contributed by atoms with E-state index in [1.165, 1.54) is 0 Å². The SMILES string of the molecule is CCOC(=O)[C@@H]1CSCCN1Cc1nc(-c2cccs2)no1. The summed E-state index contributed by atoms with van der Waals surface area (Å²) in [6, 6.07) is 3.67. The molecule has 1 atom stereocenters. The van der Waals surface area contributed by atoms with E-state index in [1.807, 2.05) is 24.4 Å². The van der Waals surface area contributed by atoms with Crippen LogP contribution in [0, 0.1) is 0 Å². The highest BCUT2D eigenvalue weighted by molar-refractivity contribution is 7.99. The monoisotopic (exact) mass is 339 g/mol. The molecule has 6 nitrogen and oxygen atoms in total. The van der Waals surface area contributed by atoms with Crippen molar-refractivity contribution in [2.24, 2.45) is 0 Å². The molecule has 3 heterocycles. The molecule has 118 valence electrons. The van der Waals surface area contributed by atoms with Crippen molar-refractivity contribution in [2.75, 3.05) is 24.7 Å². The first kappa shape index (κ1) is 15.5. The number of carbonyl (C=O) groups excluding carboxylic acids is 1. The van der Waals surface area contributed by atoms with Crippen LogP contribution >= 0.6 is 23.1 Å². The predicted octanol–water partition coefficient (Wildman–Crippen LogP) is 2.28. The van der Waals surface area contributed by atoms with E-state index in [2.05, 4.69) is 15.0 Å². The molecule has 0 unspecified atom stereocenters. The summed E-state index contributed by atoms with van der Waals surface area (Å²) in [6.45, 7) is 3.51. The van der Waals surface area contributed by atoms with Crippen molar-refractivity contribution in [3.8, 4) is 10.7 Å². The number of aromatic nitrogens is 2. The lowest BCUT2D eigenvalue weighted by atomic mass is 10.2. The molecule has 0 radical (unpaired) electrons. The van der Waals surface area contributed by atoms with E-state index in [0.29, 0.717) is 24.9 Å². The van der Waals surface area contributed by atoms with Crippen molar-refractivity contribution in [1.29, 1.82) is 0 Å². The van der Waals surface area contributed by atoms with Gasteiger partial charge in [0, 0.05) is 18.1 Å². The zero-order valence-corrected chi connectivity index (χ0v) is 13.9. The Bertz CT molecular complexity index is 615. The maximum atomic E-state index is 12.0. The molecule has 1 aliphatic rings. The zero-order valence-electron chi connectivity index (χ0n) is 12.2. The number of hydrogen-bond donors (Lipinski definition) is 0. The van der Waals surface area contributed by atoms with Crippen molar-refractivity contribution >= 4 is 29.1 Å². The third-order valence-electron chi connectivity index (χ3n) is 3.35. The molecule has 0 N–H and O–H groups in total. The highest BCUT2D eigenvalue weighted by atomic mass is 32.2. The third-order valence-corrected chi connectivity index (χ3v) is 5.23. The van der Waals surface area contributed by atoms with Gasteiger partial charge in [-0.2, -0.15) is 16.7 Å². The summed E-state index contributed by atoms with van der Waals surface area (Å²) < 4.78 is 10.5. The van der Waals surface area contributed by atoms with Crippen LogP contribution in [0.2, 0.25) is 0 Å². The normalized spacial score (nSPS) is 19.2. The van der Waals surface area contributed by atoms with Crippen molar-refractivity contribution in [3.05, 3.63) is 23.4 Å². The second-order valence-electron chi connectivity index (χ2n) is 4.80. The Kier molecular flexibility index (Phi) is 5.12. The number of hydrogen-bond acceptors (Lipinski definition) is 8. The maximum Gasteiger partial charge on any atom is 0.324 e. The van der Waals surface area contributed by atoms with Gasteiger partial charge in [0.2, 0.25) is 11.7 Å². The Morgan fingerprint density at radius 2 is 2.50 bits per heavy atom. The van der Waals surface area contributed by atoms with E-state index < -0.39 is 0 Å². The van der Waals surface area contributed by atoms with E-state index in [4.69, 9.17) is 9.26 Å². The van der Waals surface area contributed by atoms with Gasteiger partial charge in [0.25, 0.3) is 0 Å². The van der Waals surface area contributed by atoms with Crippen molar-refractivity contribution in [3.63, 3.8) is 0 Å². The number of thiophene rings is 1. The average Bonchev–Trinajstić information content (AvgIpc) is 3.19. The number of rotatable bonds is 5. The Morgan fingerprint density at radius 3 is 3.27 bits per heavy atom. The third kappa shape index (κ3) is 3.50. The number of thioether (sulfide) groups is 1. The lowest BCUT2D eigenvalue weighted by Crippen LogP contribution is -2.47. The van der Waals surface area contributed by atoms with Gasteiger partial charge < -0.3 is 9.26 Å². The molecule has 0 aromatic carbocycles. The highest BCUT2D eigenvalue weighted by Gasteiger charge is 2.31. The molecule has 8 heteroatoms. The summed E-state index contributed by atoms with van der Waals surface area (Å²) in [4.78, 5) is 19.5. The van der Waals surface area contributed by atoms with Crippen LogP contribution in [0.5, 0.6) is 0 Å². The lowest BCUT2D eigenvalue weighted by molar-refractivity contribution is -0.149. The quantitative estimate of drug-likeness (QED) is 0.774. The number of esters is 1. The topological polar surface area (TPSA) is 68.5 Å². The van der Waals surface area contributed by atoms with Crippen LogP contribution in [0.25, 0.3) is 10.7 Å². The first-order valence-electron chi connectivity index (χ1n) is 7.13. The van der Waals surface area contributed by atoms with Gasteiger partial charge in [0.1, 0.15) is 6.04 Å². The predicted molar refractivity (Wildman–Crippen MR) is 85.8 cm³/mol. The molecular weight excluding hydrogens is 322 g/mol. The summed E-state index contributed by atoms with van der Waals surface area (Å²) in [5.41, 5.74) is 0. The van der Waals surface area contributed by atoms with E-state index >= 15 is 0 Å². The molecule has 1 fully saturated rings. The van der Waals surface area contributed by atoms with E-state index in [9.17, 15) is 4.79 Å². The fraction of sp³-hybridized carbons (Fsp3) is 0.500. The van der Waals surface area contributed by atoms with Gasteiger partial charge in [-0.15, -0.1) is 11.3 Å².